The van der Waals surface area contributed by atoms with Crippen LogP contribution in [0.2, 0.25) is 10.0 Å². The van der Waals surface area contributed by atoms with E-state index >= 15 is 0 Å². The Balaban J connectivity index is 1.64. The quantitative estimate of drug-likeness (QED) is 0.650. The van der Waals surface area contributed by atoms with Crippen LogP contribution in [0, 0.1) is 17.8 Å². The summed E-state index contributed by atoms with van der Waals surface area (Å²) < 4.78 is 0. The Labute approximate surface area is 184 Å². The molecule has 2 aliphatic rings. The summed E-state index contributed by atoms with van der Waals surface area (Å²) in [5.41, 5.74) is 1.57. The van der Waals surface area contributed by atoms with Crippen molar-refractivity contribution in [2.75, 3.05) is 27.2 Å². The molecule has 1 unspecified atom stereocenters. The van der Waals surface area contributed by atoms with Crippen LogP contribution in [0.3, 0.4) is 0 Å². The molecule has 2 fully saturated rings. The van der Waals surface area contributed by atoms with Gasteiger partial charge in [0.25, 0.3) is 0 Å². The van der Waals surface area contributed by atoms with E-state index in [1.54, 1.807) is 0 Å². The number of nitrogens with one attached hydrogen (secondary N) is 1. The summed E-state index contributed by atoms with van der Waals surface area (Å²) in [6.45, 7) is 3.97. The second kappa shape index (κ2) is 10.1. The van der Waals surface area contributed by atoms with Crippen molar-refractivity contribution in [3.63, 3.8) is 0 Å². The van der Waals surface area contributed by atoms with Gasteiger partial charge in [0, 0.05) is 24.6 Å². The fourth-order valence-electron chi connectivity index (χ4n) is 4.16. The van der Waals surface area contributed by atoms with Crippen molar-refractivity contribution in [3.05, 3.63) is 33.3 Å². The second-order valence-corrected chi connectivity index (χ2v) is 9.15. The van der Waals surface area contributed by atoms with Gasteiger partial charge in [-0.05, 0) is 64.4 Å². The van der Waals surface area contributed by atoms with Gasteiger partial charge in [-0.1, -0.05) is 54.0 Å². The third-order valence-corrected chi connectivity index (χ3v) is 7.14. The van der Waals surface area contributed by atoms with Crippen LogP contribution in [0.1, 0.15) is 62.6 Å². The lowest BCUT2D eigenvalue weighted by atomic mass is 10.0. The Morgan fingerprint density at radius 2 is 1.83 bits per heavy atom. The van der Waals surface area contributed by atoms with Crippen LogP contribution in [0.4, 0.5) is 4.79 Å². The lowest BCUT2D eigenvalue weighted by molar-refractivity contribution is 0.146. The monoisotopic (exact) mass is 435 g/mol. The molecule has 0 bridgehead atoms. The van der Waals surface area contributed by atoms with Crippen LogP contribution in [0.25, 0.3) is 0 Å². The summed E-state index contributed by atoms with van der Waals surface area (Å²) in [6.07, 6.45) is 6.85. The van der Waals surface area contributed by atoms with E-state index < -0.39 is 0 Å². The summed E-state index contributed by atoms with van der Waals surface area (Å²) in [7, 11) is 3.99. The molecule has 0 spiro atoms. The number of amides is 2. The summed E-state index contributed by atoms with van der Waals surface area (Å²) in [6, 6.07) is 3.79. The fraction of sp³-hybridized carbons (Fsp3) is 0.609. The molecule has 4 nitrogen and oxygen atoms in total. The molecule has 1 N–H and O–H groups in total. The molecule has 6 heteroatoms. The Bertz CT molecular complexity index is 787. The molecule has 1 atom stereocenters. The Morgan fingerprint density at radius 1 is 1.17 bits per heavy atom. The minimum Gasteiger partial charge on any atom is -0.331 e. The highest BCUT2D eigenvalue weighted by atomic mass is 35.5. The highest BCUT2D eigenvalue weighted by Gasteiger charge is 2.25. The maximum absolute atomic E-state index is 12.7. The molecule has 29 heavy (non-hydrogen) atoms. The molecule has 1 saturated carbocycles. The van der Waals surface area contributed by atoms with E-state index in [0.29, 0.717) is 16.0 Å². The van der Waals surface area contributed by atoms with E-state index in [9.17, 15) is 4.79 Å². The number of piperidine rings is 1. The van der Waals surface area contributed by atoms with E-state index in [-0.39, 0.29) is 18.1 Å². The number of benzene rings is 1. The number of hydrogen-bond donors (Lipinski definition) is 1. The van der Waals surface area contributed by atoms with Gasteiger partial charge in [0.1, 0.15) is 0 Å². The third kappa shape index (κ3) is 5.60. The lowest BCUT2D eigenvalue weighted by Gasteiger charge is -2.35. The van der Waals surface area contributed by atoms with Crippen LogP contribution in [-0.4, -0.2) is 49.1 Å². The van der Waals surface area contributed by atoms with Gasteiger partial charge in [0.05, 0.1) is 16.1 Å². The molecule has 1 aliphatic carbocycles. The van der Waals surface area contributed by atoms with Crippen molar-refractivity contribution in [2.24, 2.45) is 5.92 Å². The van der Waals surface area contributed by atoms with Crippen molar-refractivity contribution in [2.45, 2.75) is 57.5 Å². The molecule has 158 valence electrons. The normalized spacial score (nSPS) is 19.5. The minimum atomic E-state index is -0.238. The molecule has 0 aromatic heterocycles. The molecule has 3 rings (SSSR count). The molecular formula is C23H31Cl2N3O. The zero-order valence-corrected chi connectivity index (χ0v) is 19.1. The number of halogens is 2. The lowest BCUT2D eigenvalue weighted by Crippen LogP contribution is -2.48. The summed E-state index contributed by atoms with van der Waals surface area (Å²) in [5, 5.41) is 4.01. The first-order chi connectivity index (χ1) is 13.9. The first-order valence-corrected chi connectivity index (χ1v) is 11.3. The average molecular weight is 436 g/mol. The highest BCUT2D eigenvalue weighted by molar-refractivity contribution is 6.43. The van der Waals surface area contributed by atoms with Gasteiger partial charge in [-0.3, -0.25) is 0 Å². The van der Waals surface area contributed by atoms with Crippen molar-refractivity contribution in [3.8, 4) is 11.8 Å². The minimum absolute atomic E-state index is 0.0793. The van der Waals surface area contributed by atoms with Gasteiger partial charge in [0.2, 0.25) is 0 Å². The summed E-state index contributed by atoms with van der Waals surface area (Å²) in [5.74, 6) is 7.00. The molecular weight excluding hydrogens is 405 g/mol. The van der Waals surface area contributed by atoms with Crippen molar-refractivity contribution < 1.29 is 4.79 Å². The molecule has 1 heterocycles. The Hall–Kier alpha value is -1.41. The van der Waals surface area contributed by atoms with Crippen LogP contribution in [0.15, 0.2) is 12.1 Å². The van der Waals surface area contributed by atoms with Crippen molar-refractivity contribution >= 4 is 29.2 Å². The zero-order chi connectivity index (χ0) is 21.0. The Kier molecular flexibility index (Phi) is 7.73. The van der Waals surface area contributed by atoms with Crippen LogP contribution in [-0.2, 0) is 0 Å². The third-order valence-electron chi connectivity index (χ3n) is 6.24. The van der Waals surface area contributed by atoms with E-state index in [4.69, 9.17) is 23.2 Å². The molecule has 1 aromatic rings. The highest BCUT2D eigenvalue weighted by Crippen LogP contribution is 2.33. The second-order valence-electron chi connectivity index (χ2n) is 8.40. The number of nitrogens with zero attached hydrogens (tertiary/aromatic N) is 2. The molecule has 1 saturated heterocycles. The number of hydrogen-bond acceptors (Lipinski definition) is 2. The number of likely N-dealkylation sites (tertiary alicyclic amines) is 1. The average Bonchev–Trinajstić information content (AvgIpc) is 3.22. The van der Waals surface area contributed by atoms with Crippen molar-refractivity contribution in [1.29, 1.82) is 0 Å². The van der Waals surface area contributed by atoms with Gasteiger partial charge in [-0.25, -0.2) is 4.79 Å². The topological polar surface area (TPSA) is 35.6 Å². The van der Waals surface area contributed by atoms with Crippen LogP contribution < -0.4 is 5.32 Å². The maximum Gasteiger partial charge on any atom is 0.317 e. The van der Waals surface area contributed by atoms with E-state index in [2.05, 4.69) is 29.1 Å². The maximum atomic E-state index is 12.7. The van der Waals surface area contributed by atoms with Crippen LogP contribution >= 0.6 is 23.2 Å². The van der Waals surface area contributed by atoms with Gasteiger partial charge in [0.15, 0.2) is 0 Å². The standard InChI is InChI=1S/C23H31Cl2N3O/c1-16(26-23(29)28(3)19-12-14-27(2)15-13-19)20-11-10-18(21(24)22(20)25)9-8-17-6-4-5-7-17/h10-11,16-17,19H,4-7,12-15H2,1-3H3,(H,26,29). The van der Waals surface area contributed by atoms with Crippen LogP contribution in [0.5, 0.6) is 0 Å². The molecule has 0 radical (unpaired) electrons. The summed E-state index contributed by atoms with van der Waals surface area (Å²) in [4.78, 5) is 16.8. The van der Waals surface area contributed by atoms with Gasteiger partial charge < -0.3 is 15.1 Å². The fourth-order valence-corrected chi connectivity index (χ4v) is 4.71. The smallest absolute Gasteiger partial charge is 0.317 e. The first-order valence-electron chi connectivity index (χ1n) is 10.6. The van der Waals surface area contributed by atoms with Gasteiger partial charge in [-0.15, -0.1) is 0 Å². The largest absolute Gasteiger partial charge is 0.331 e. The Morgan fingerprint density at radius 3 is 2.48 bits per heavy atom. The predicted octanol–water partition coefficient (Wildman–Crippen LogP) is 5.33. The van der Waals surface area contributed by atoms with E-state index in [1.807, 2.05) is 31.0 Å². The number of carbonyl (C=O) groups excluding carboxylic acids is 1. The number of urea groups is 1. The van der Waals surface area contributed by atoms with E-state index in [0.717, 1.165) is 37.1 Å². The molecule has 1 aliphatic heterocycles. The predicted molar refractivity (Wildman–Crippen MR) is 121 cm³/mol. The number of rotatable bonds is 3. The molecule has 1 aromatic carbocycles. The van der Waals surface area contributed by atoms with Gasteiger partial charge >= 0.3 is 6.03 Å². The first kappa shape index (κ1) is 22.3. The zero-order valence-electron chi connectivity index (χ0n) is 17.6. The molecule has 2 amide bonds. The van der Waals surface area contributed by atoms with E-state index in [1.165, 1.54) is 25.7 Å². The van der Waals surface area contributed by atoms with Gasteiger partial charge in [-0.2, -0.15) is 0 Å². The number of carbonyl (C=O) groups is 1. The van der Waals surface area contributed by atoms with Crippen molar-refractivity contribution in [1.82, 2.24) is 15.1 Å². The summed E-state index contributed by atoms with van der Waals surface area (Å²) >= 11 is 13.0. The SMILES string of the molecule is CC(NC(=O)N(C)C1CCN(C)CC1)c1ccc(C#CC2CCCC2)c(Cl)c1Cl.